The molecule has 0 saturated heterocycles. The Morgan fingerprint density at radius 2 is 1.81 bits per heavy atom. The quantitative estimate of drug-likeness (QED) is 0.276. The van der Waals surface area contributed by atoms with E-state index in [2.05, 4.69) is 17.3 Å². The monoisotopic (exact) mass is 432 g/mol. The first-order valence-corrected chi connectivity index (χ1v) is 10.8. The molecule has 156 valence electrons. The van der Waals surface area contributed by atoms with Gasteiger partial charge in [-0.3, -0.25) is 4.79 Å². The number of oxime groups is 1. The standard InChI is InChI=1S/C24H20N2O4S/c1-30-24(28)18-5-3-4-15(12-18)14-26-21-13-17(16-6-9-19(31-2)10-7-16)8-11-20(21)22(25-29)23(26)27/h3-13,29H,14H2,1-2H3/b25-22+. The van der Waals surface area contributed by atoms with Crippen molar-refractivity contribution in [3.05, 3.63) is 83.4 Å². The van der Waals surface area contributed by atoms with Gasteiger partial charge >= 0.3 is 5.97 Å². The molecule has 0 spiro atoms. The summed E-state index contributed by atoms with van der Waals surface area (Å²) in [6.45, 7) is 0.227. The molecule has 0 saturated carbocycles. The first-order valence-electron chi connectivity index (χ1n) is 9.55. The van der Waals surface area contributed by atoms with Gasteiger partial charge in [-0.25, -0.2) is 4.79 Å². The molecule has 0 atom stereocenters. The highest BCUT2D eigenvalue weighted by atomic mass is 32.2. The zero-order valence-corrected chi connectivity index (χ0v) is 17.8. The van der Waals surface area contributed by atoms with Gasteiger partial charge < -0.3 is 14.8 Å². The van der Waals surface area contributed by atoms with Crippen molar-refractivity contribution >= 4 is 35.0 Å². The van der Waals surface area contributed by atoms with E-state index < -0.39 is 11.9 Å². The Kier molecular flexibility index (Phi) is 5.77. The lowest BCUT2D eigenvalue weighted by Gasteiger charge is -2.18. The number of fused-ring (bicyclic) bond motifs is 1. The molecule has 0 unspecified atom stereocenters. The molecule has 0 aliphatic carbocycles. The van der Waals surface area contributed by atoms with Gasteiger partial charge in [-0.15, -0.1) is 11.8 Å². The summed E-state index contributed by atoms with van der Waals surface area (Å²) in [5.74, 6) is -0.834. The number of amides is 1. The van der Waals surface area contributed by atoms with Crippen molar-refractivity contribution in [1.29, 1.82) is 0 Å². The second kappa shape index (κ2) is 8.65. The molecule has 0 bridgehead atoms. The Morgan fingerprint density at radius 3 is 2.48 bits per heavy atom. The van der Waals surface area contributed by atoms with E-state index in [9.17, 15) is 14.8 Å². The predicted molar refractivity (Wildman–Crippen MR) is 121 cm³/mol. The lowest BCUT2D eigenvalue weighted by molar-refractivity contribution is -0.112. The van der Waals surface area contributed by atoms with Crippen molar-refractivity contribution in [3.8, 4) is 11.1 Å². The van der Waals surface area contributed by atoms with Crippen LogP contribution in [0, 0.1) is 0 Å². The van der Waals surface area contributed by atoms with E-state index in [1.54, 1.807) is 40.9 Å². The fourth-order valence-electron chi connectivity index (χ4n) is 3.62. The summed E-state index contributed by atoms with van der Waals surface area (Å²) in [7, 11) is 1.33. The number of rotatable bonds is 5. The van der Waals surface area contributed by atoms with Gasteiger partial charge in [-0.2, -0.15) is 0 Å². The molecule has 1 aliphatic rings. The maximum atomic E-state index is 12.9. The van der Waals surface area contributed by atoms with Crippen molar-refractivity contribution in [2.75, 3.05) is 18.3 Å². The molecule has 31 heavy (non-hydrogen) atoms. The summed E-state index contributed by atoms with van der Waals surface area (Å²) in [6.07, 6.45) is 2.03. The van der Waals surface area contributed by atoms with Gasteiger partial charge in [-0.05, 0) is 59.3 Å². The van der Waals surface area contributed by atoms with Crippen LogP contribution in [0.3, 0.4) is 0 Å². The molecule has 1 N–H and O–H groups in total. The number of hydrogen-bond acceptors (Lipinski definition) is 6. The smallest absolute Gasteiger partial charge is 0.337 e. The first-order chi connectivity index (χ1) is 15.0. The maximum absolute atomic E-state index is 12.9. The van der Waals surface area contributed by atoms with Crippen molar-refractivity contribution in [2.45, 2.75) is 11.4 Å². The van der Waals surface area contributed by atoms with E-state index in [-0.39, 0.29) is 12.3 Å². The van der Waals surface area contributed by atoms with Crippen molar-refractivity contribution in [3.63, 3.8) is 0 Å². The van der Waals surface area contributed by atoms with E-state index in [4.69, 9.17) is 4.74 Å². The summed E-state index contributed by atoms with van der Waals surface area (Å²) >= 11 is 1.67. The number of nitrogens with zero attached hydrogens (tertiary/aromatic N) is 2. The lowest BCUT2D eigenvalue weighted by atomic mass is 10.0. The van der Waals surface area contributed by atoms with Gasteiger partial charge in [0.2, 0.25) is 0 Å². The van der Waals surface area contributed by atoms with Gasteiger partial charge in [0.05, 0.1) is 24.9 Å². The molecular weight excluding hydrogens is 412 g/mol. The zero-order valence-electron chi connectivity index (χ0n) is 17.0. The van der Waals surface area contributed by atoms with Gasteiger partial charge in [0.25, 0.3) is 5.91 Å². The third-order valence-electron chi connectivity index (χ3n) is 5.20. The Labute approximate surface area is 184 Å². The Hall–Kier alpha value is -3.58. The van der Waals surface area contributed by atoms with E-state index in [1.807, 2.05) is 36.6 Å². The summed E-state index contributed by atoms with van der Waals surface area (Å²) in [4.78, 5) is 27.5. The number of thioether (sulfide) groups is 1. The highest BCUT2D eigenvalue weighted by molar-refractivity contribution is 7.98. The van der Waals surface area contributed by atoms with Crippen LogP contribution >= 0.6 is 11.8 Å². The SMILES string of the molecule is COC(=O)c1cccc(CN2C(=O)/C(=N/O)c3ccc(-c4ccc(SC)cc4)cc32)c1. The van der Waals surface area contributed by atoms with Crippen molar-refractivity contribution < 1.29 is 19.5 Å². The second-order valence-corrected chi connectivity index (χ2v) is 7.87. The van der Waals surface area contributed by atoms with E-state index in [0.29, 0.717) is 16.8 Å². The summed E-state index contributed by atoms with van der Waals surface area (Å²) in [5, 5.41) is 12.7. The van der Waals surface area contributed by atoms with Crippen LogP contribution in [0.4, 0.5) is 5.69 Å². The molecule has 1 heterocycles. The van der Waals surface area contributed by atoms with Crippen molar-refractivity contribution in [2.24, 2.45) is 5.16 Å². The number of anilines is 1. The fourth-order valence-corrected chi connectivity index (χ4v) is 4.03. The largest absolute Gasteiger partial charge is 0.465 e. The van der Waals surface area contributed by atoms with Crippen LogP contribution in [0.15, 0.2) is 76.8 Å². The number of hydrogen-bond donors (Lipinski definition) is 1. The van der Waals surface area contributed by atoms with Crippen molar-refractivity contribution in [1.82, 2.24) is 0 Å². The third kappa shape index (κ3) is 3.92. The number of carbonyl (C=O) groups excluding carboxylic acids is 2. The lowest BCUT2D eigenvalue weighted by Crippen LogP contribution is -2.29. The normalized spacial score (nSPS) is 14.1. The molecule has 1 amide bonds. The molecule has 3 aromatic carbocycles. The highest BCUT2D eigenvalue weighted by Crippen LogP contribution is 2.35. The maximum Gasteiger partial charge on any atom is 0.337 e. The predicted octanol–water partition coefficient (Wildman–Crippen LogP) is 4.59. The Bertz CT molecular complexity index is 1190. The molecule has 6 nitrogen and oxygen atoms in total. The highest BCUT2D eigenvalue weighted by Gasteiger charge is 2.35. The van der Waals surface area contributed by atoms with Gasteiger partial charge in [0, 0.05) is 10.5 Å². The number of carbonyl (C=O) groups is 2. The van der Waals surface area contributed by atoms with E-state index in [1.165, 1.54) is 12.0 Å². The Balaban J connectivity index is 1.72. The van der Waals surface area contributed by atoms with E-state index in [0.717, 1.165) is 16.7 Å². The minimum absolute atomic E-state index is 0.00315. The molecule has 0 aromatic heterocycles. The number of benzene rings is 3. The van der Waals surface area contributed by atoms with Crippen LogP contribution in [0.2, 0.25) is 0 Å². The average Bonchev–Trinajstić information content (AvgIpc) is 3.08. The van der Waals surface area contributed by atoms with Crippen LogP contribution in [-0.4, -0.2) is 36.2 Å². The topological polar surface area (TPSA) is 79.2 Å². The van der Waals surface area contributed by atoms with Gasteiger partial charge in [-0.1, -0.05) is 35.5 Å². The van der Waals surface area contributed by atoms with Gasteiger partial charge in [0.1, 0.15) is 0 Å². The molecule has 1 aliphatic heterocycles. The molecule has 3 aromatic rings. The molecular formula is C24H20N2O4S. The Morgan fingerprint density at radius 1 is 1.06 bits per heavy atom. The summed E-state index contributed by atoms with van der Waals surface area (Å²) in [6, 6.07) is 20.7. The zero-order chi connectivity index (χ0) is 22.0. The molecule has 0 radical (unpaired) electrons. The van der Waals surface area contributed by atoms with Crippen LogP contribution < -0.4 is 4.90 Å². The average molecular weight is 433 g/mol. The van der Waals surface area contributed by atoms with E-state index >= 15 is 0 Å². The minimum Gasteiger partial charge on any atom is -0.465 e. The summed E-state index contributed by atoms with van der Waals surface area (Å²) in [5.41, 5.74) is 4.38. The third-order valence-corrected chi connectivity index (χ3v) is 5.95. The minimum atomic E-state index is -0.441. The van der Waals surface area contributed by atoms with Gasteiger partial charge in [0.15, 0.2) is 5.71 Å². The molecule has 0 fully saturated rings. The number of esters is 1. The fraction of sp³-hybridized carbons (Fsp3) is 0.125. The second-order valence-electron chi connectivity index (χ2n) is 6.99. The number of ether oxygens (including phenoxy) is 1. The summed E-state index contributed by atoms with van der Waals surface area (Å²) < 4.78 is 4.78. The van der Waals surface area contributed by atoms with Crippen LogP contribution in [-0.2, 0) is 16.1 Å². The van der Waals surface area contributed by atoms with Crippen LogP contribution in [0.5, 0.6) is 0 Å². The van der Waals surface area contributed by atoms with Crippen LogP contribution in [0.1, 0.15) is 21.5 Å². The molecule has 7 heteroatoms. The molecule has 4 rings (SSSR count). The van der Waals surface area contributed by atoms with Crippen LogP contribution in [0.25, 0.3) is 11.1 Å². The number of methoxy groups -OCH3 is 1. The first kappa shape index (κ1) is 20.7.